The van der Waals surface area contributed by atoms with Gasteiger partial charge in [-0.2, -0.15) is 10.2 Å². The number of ether oxygens (including phenoxy) is 4. The van der Waals surface area contributed by atoms with Gasteiger partial charge < -0.3 is 30.0 Å². The van der Waals surface area contributed by atoms with Crippen LogP contribution in [0.15, 0.2) is 70.9 Å². The SMILES string of the molecule is COc1ccc(C2=C(c3cc(OC)c(OC)c(OC)c3)N=NC2)cc1NC(=O)C([NH3+])c1ccccc1. The third-order valence-corrected chi connectivity index (χ3v) is 5.95. The highest BCUT2D eigenvalue weighted by Crippen LogP contribution is 2.43. The third kappa shape index (κ3) is 4.87. The van der Waals surface area contributed by atoms with E-state index in [0.717, 1.165) is 22.3 Å². The zero-order valence-electron chi connectivity index (χ0n) is 20.7. The third-order valence-electron chi connectivity index (χ3n) is 5.95. The van der Waals surface area contributed by atoms with E-state index in [2.05, 4.69) is 21.3 Å². The molecule has 1 aliphatic heterocycles. The molecule has 4 rings (SSSR count). The number of benzene rings is 3. The van der Waals surface area contributed by atoms with E-state index in [4.69, 9.17) is 18.9 Å². The smallest absolute Gasteiger partial charge is 0.287 e. The number of hydrogen-bond donors (Lipinski definition) is 2. The van der Waals surface area contributed by atoms with Crippen LogP contribution in [-0.2, 0) is 4.79 Å². The predicted molar refractivity (Wildman–Crippen MR) is 136 cm³/mol. The van der Waals surface area contributed by atoms with Gasteiger partial charge in [-0.25, -0.2) is 0 Å². The van der Waals surface area contributed by atoms with Crippen LogP contribution < -0.4 is 30.0 Å². The van der Waals surface area contributed by atoms with Gasteiger partial charge in [0.2, 0.25) is 5.75 Å². The van der Waals surface area contributed by atoms with Gasteiger partial charge in [-0.15, -0.1) is 0 Å². The normalized spacial score (nSPS) is 13.4. The number of nitrogens with zero attached hydrogens (tertiary/aromatic N) is 2. The lowest BCUT2D eigenvalue weighted by atomic mass is 9.99. The fourth-order valence-corrected chi connectivity index (χ4v) is 4.04. The fourth-order valence-electron chi connectivity index (χ4n) is 4.04. The average Bonchev–Trinajstić information content (AvgIpc) is 3.42. The molecule has 0 spiro atoms. The number of amides is 1. The number of nitrogens with one attached hydrogen (secondary N) is 1. The van der Waals surface area contributed by atoms with Crippen molar-refractivity contribution in [2.24, 2.45) is 10.2 Å². The number of carbonyl (C=O) groups is 1. The van der Waals surface area contributed by atoms with Crippen LogP contribution in [0.3, 0.4) is 0 Å². The van der Waals surface area contributed by atoms with Gasteiger partial charge in [0, 0.05) is 16.7 Å². The first kappa shape index (κ1) is 24.7. The van der Waals surface area contributed by atoms with Gasteiger partial charge in [0.15, 0.2) is 17.5 Å². The number of anilines is 1. The maximum absolute atomic E-state index is 13.0. The minimum Gasteiger partial charge on any atom is -0.495 e. The Balaban J connectivity index is 1.71. The molecule has 36 heavy (non-hydrogen) atoms. The van der Waals surface area contributed by atoms with Gasteiger partial charge in [-0.1, -0.05) is 36.4 Å². The Labute approximate surface area is 209 Å². The molecule has 0 aromatic heterocycles. The molecule has 1 heterocycles. The maximum atomic E-state index is 13.0. The van der Waals surface area contributed by atoms with Gasteiger partial charge in [0.05, 0.1) is 46.4 Å². The molecule has 0 saturated carbocycles. The van der Waals surface area contributed by atoms with Gasteiger partial charge in [0.1, 0.15) is 5.75 Å². The van der Waals surface area contributed by atoms with Crippen LogP contribution in [0.2, 0.25) is 0 Å². The quantitative estimate of drug-likeness (QED) is 0.471. The first-order chi connectivity index (χ1) is 17.5. The van der Waals surface area contributed by atoms with Crippen LogP contribution in [0.1, 0.15) is 22.7 Å². The summed E-state index contributed by atoms with van der Waals surface area (Å²) >= 11 is 0. The lowest BCUT2D eigenvalue weighted by molar-refractivity contribution is -0.408. The number of hydrogen-bond acceptors (Lipinski definition) is 7. The first-order valence-electron chi connectivity index (χ1n) is 11.3. The second-order valence-electron chi connectivity index (χ2n) is 8.01. The van der Waals surface area contributed by atoms with Crippen LogP contribution >= 0.6 is 0 Å². The fraction of sp³-hybridized carbons (Fsp3) is 0.222. The zero-order valence-corrected chi connectivity index (χ0v) is 20.7. The molecular weight excluding hydrogens is 460 g/mol. The number of carbonyl (C=O) groups excluding carboxylic acids is 1. The number of methoxy groups -OCH3 is 4. The molecule has 9 nitrogen and oxygen atoms in total. The van der Waals surface area contributed by atoms with E-state index in [0.29, 0.717) is 40.9 Å². The topological polar surface area (TPSA) is 118 Å². The van der Waals surface area contributed by atoms with Gasteiger partial charge in [-0.05, 0) is 29.8 Å². The molecule has 0 aliphatic carbocycles. The Morgan fingerprint density at radius 1 is 0.861 bits per heavy atom. The minimum atomic E-state index is -0.579. The van der Waals surface area contributed by atoms with E-state index < -0.39 is 6.04 Å². The Hall–Kier alpha value is -4.37. The van der Waals surface area contributed by atoms with Crippen molar-refractivity contribution in [3.63, 3.8) is 0 Å². The second-order valence-corrected chi connectivity index (χ2v) is 8.01. The Morgan fingerprint density at radius 3 is 2.14 bits per heavy atom. The zero-order chi connectivity index (χ0) is 25.7. The molecular formula is C27H29N4O5+. The number of rotatable bonds is 9. The highest BCUT2D eigenvalue weighted by atomic mass is 16.5. The van der Waals surface area contributed by atoms with Crippen molar-refractivity contribution in [2.45, 2.75) is 6.04 Å². The largest absolute Gasteiger partial charge is 0.495 e. The van der Waals surface area contributed by atoms with Gasteiger partial charge >= 0.3 is 0 Å². The Kier molecular flexibility index (Phi) is 7.50. The summed E-state index contributed by atoms with van der Waals surface area (Å²) in [5.41, 5.74) is 8.57. The highest BCUT2D eigenvalue weighted by molar-refractivity contribution is 5.98. The molecule has 3 aromatic rings. The Morgan fingerprint density at radius 2 is 1.53 bits per heavy atom. The molecule has 3 aromatic carbocycles. The standard InChI is InChI=1S/C27H28N4O5/c1-33-21-11-10-17(12-20(21)30-27(32)24(28)16-8-6-5-7-9-16)19-15-29-31-25(19)18-13-22(34-2)26(36-4)23(14-18)35-3/h5-14,24H,15,28H2,1-4H3,(H,30,32)/p+1. The van der Waals surface area contributed by atoms with Crippen molar-refractivity contribution in [3.8, 4) is 23.0 Å². The molecule has 0 saturated heterocycles. The maximum Gasteiger partial charge on any atom is 0.287 e. The molecule has 1 aliphatic rings. The lowest BCUT2D eigenvalue weighted by Gasteiger charge is -2.16. The molecule has 0 fully saturated rings. The van der Waals surface area contributed by atoms with Crippen LogP contribution in [0.25, 0.3) is 11.3 Å². The van der Waals surface area contributed by atoms with E-state index in [9.17, 15) is 4.79 Å². The first-order valence-corrected chi connectivity index (χ1v) is 11.3. The van der Waals surface area contributed by atoms with E-state index >= 15 is 0 Å². The highest BCUT2D eigenvalue weighted by Gasteiger charge is 2.24. The van der Waals surface area contributed by atoms with Crippen molar-refractivity contribution < 1.29 is 29.5 Å². The summed E-state index contributed by atoms with van der Waals surface area (Å²) in [7, 11) is 6.25. The van der Waals surface area contributed by atoms with Crippen molar-refractivity contribution in [1.82, 2.24) is 0 Å². The monoisotopic (exact) mass is 489 g/mol. The van der Waals surface area contributed by atoms with Gasteiger partial charge in [0.25, 0.3) is 5.91 Å². The lowest BCUT2D eigenvalue weighted by Crippen LogP contribution is -2.58. The number of quaternary nitrogens is 1. The van der Waals surface area contributed by atoms with Crippen molar-refractivity contribution >= 4 is 22.9 Å². The van der Waals surface area contributed by atoms with E-state index in [1.807, 2.05) is 60.7 Å². The van der Waals surface area contributed by atoms with Gasteiger partial charge in [-0.3, -0.25) is 4.79 Å². The van der Waals surface area contributed by atoms with Crippen molar-refractivity contribution in [3.05, 3.63) is 77.4 Å². The molecule has 186 valence electrons. The molecule has 4 N–H and O–H groups in total. The summed E-state index contributed by atoms with van der Waals surface area (Å²) in [6, 6.07) is 18.1. The molecule has 0 radical (unpaired) electrons. The molecule has 1 amide bonds. The van der Waals surface area contributed by atoms with Crippen LogP contribution in [0, 0.1) is 0 Å². The summed E-state index contributed by atoms with van der Waals surface area (Å²) in [6.45, 7) is 0.383. The van der Waals surface area contributed by atoms with E-state index in [1.54, 1.807) is 28.4 Å². The summed E-state index contributed by atoms with van der Waals surface area (Å²) in [5.74, 6) is 1.83. The van der Waals surface area contributed by atoms with Crippen LogP contribution in [0.4, 0.5) is 5.69 Å². The van der Waals surface area contributed by atoms with Crippen molar-refractivity contribution in [1.29, 1.82) is 0 Å². The van der Waals surface area contributed by atoms with Crippen molar-refractivity contribution in [2.75, 3.05) is 40.3 Å². The Bertz CT molecular complexity index is 1300. The van der Waals surface area contributed by atoms with Crippen LogP contribution in [-0.4, -0.2) is 40.9 Å². The summed E-state index contributed by atoms with van der Waals surface area (Å²) in [6.07, 6.45) is 0. The van der Waals surface area contributed by atoms with Crippen LogP contribution in [0.5, 0.6) is 23.0 Å². The molecule has 9 heteroatoms. The molecule has 0 bridgehead atoms. The van der Waals surface area contributed by atoms with E-state index in [1.165, 1.54) is 0 Å². The summed E-state index contributed by atoms with van der Waals surface area (Å²) in [5, 5.41) is 11.6. The second kappa shape index (κ2) is 10.9. The number of azo groups is 1. The molecule has 1 unspecified atom stereocenters. The predicted octanol–water partition coefficient (Wildman–Crippen LogP) is 3.98. The minimum absolute atomic E-state index is 0.240. The summed E-state index contributed by atoms with van der Waals surface area (Å²) in [4.78, 5) is 13.0. The average molecular weight is 490 g/mol. The summed E-state index contributed by atoms with van der Waals surface area (Å²) < 4.78 is 21.9. The molecule has 1 atom stereocenters. The van der Waals surface area contributed by atoms with E-state index in [-0.39, 0.29) is 5.91 Å².